The lowest BCUT2D eigenvalue weighted by Gasteiger charge is -2.00. The summed E-state index contributed by atoms with van der Waals surface area (Å²) in [6, 6.07) is 0. The fourth-order valence-corrected chi connectivity index (χ4v) is 2.28. The smallest absolute Gasteiger partial charge is 0.305 e. The van der Waals surface area contributed by atoms with Gasteiger partial charge in [0.25, 0.3) is 0 Å². The van der Waals surface area contributed by atoms with Gasteiger partial charge in [0, 0.05) is 19.3 Å². The number of carbonyl (C=O) groups excluding carboxylic acids is 3. The zero-order valence-corrected chi connectivity index (χ0v) is 14.8. The summed E-state index contributed by atoms with van der Waals surface area (Å²) in [6.07, 6.45) is 13.4. The second-order valence-corrected chi connectivity index (χ2v) is 5.92. The molecule has 0 aromatic carbocycles. The lowest BCUT2D eigenvalue weighted by Crippen LogP contribution is -1.99. The van der Waals surface area contributed by atoms with Gasteiger partial charge in [0.1, 0.15) is 0 Å². The molecule has 0 heterocycles. The van der Waals surface area contributed by atoms with Gasteiger partial charge < -0.3 is 4.74 Å². The van der Waals surface area contributed by atoms with Crippen molar-refractivity contribution in [3.63, 3.8) is 0 Å². The minimum atomic E-state index is -0.162. The lowest BCUT2D eigenvalue weighted by molar-refractivity contribution is -0.140. The second kappa shape index (κ2) is 15.4. The summed E-state index contributed by atoms with van der Waals surface area (Å²) in [7, 11) is 1.40. The molecule has 0 aromatic rings. The average Bonchev–Trinajstić information content (AvgIpc) is 2.55. The average molecular weight is 324 g/mol. The third-order valence-electron chi connectivity index (χ3n) is 3.76. The van der Waals surface area contributed by atoms with E-state index in [1.165, 1.54) is 19.3 Å². The first kappa shape index (κ1) is 21.6. The predicted molar refractivity (Wildman–Crippen MR) is 92.2 cm³/mol. The largest absolute Gasteiger partial charge is 0.469 e. The Hall–Kier alpha value is -1.45. The van der Waals surface area contributed by atoms with Crippen LogP contribution in [0.15, 0.2) is 12.2 Å². The van der Waals surface area contributed by atoms with Crippen molar-refractivity contribution >= 4 is 17.5 Å². The number of methoxy groups -OCH3 is 1. The Morgan fingerprint density at radius 2 is 1.13 bits per heavy atom. The lowest BCUT2D eigenvalue weighted by atomic mass is 10.1. The van der Waals surface area contributed by atoms with Crippen molar-refractivity contribution in [2.24, 2.45) is 0 Å². The standard InChI is InChI=1S/C19H32O4/c1-3-4-5-9-12-17(20)15-16-18(21)13-10-7-6-8-11-14-19(22)23-2/h15-16H,3-14H2,1-2H3/b16-15+. The van der Waals surface area contributed by atoms with Gasteiger partial charge >= 0.3 is 5.97 Å². The van der Waals surface area contributed by atoms with Crippen molar-refractivity contribution in [1.82, 2.24) is 0 Å². The molecule has 0 aliphatic heterocycles. The van der Waals surface area contributed by atoms with Crippen LogP contribution in [0.1, 0.15) is 84.0 Å². The molecule has 4 heteroatoms. The maximum Gasteiger partial charge on any atom is 0.305 e. The number of allylic oxidation sites excluding steroid dienone is 2. The molecule has 0 aliphatic carbocycles. The van der Waals surface area contributed by atoms with Crippen molar-refractivity contribution in [2.45, 2.75) is 84.0 Å². The van der Waals surface area contributed by atoms with Crippen LogP contribution in [0.25, 0.3) is 0 Å². The second-order valence-electron chi connectivity index (χ2n) is 5.92. The molecule has 0 aromatic heterocycles. The number of esters is 1. The Labute approximate surface area is 140 Å². The Balaban J connectivity index is 3.53. The Bertz CT molecular complexity index is 372. The summed E-state index contributed by atoms with van der Waals surface area (Å²) < 4.78 is 4.57. The van der Waals surface area contributed by atoms with E-state index in [-0.39, 0.29) is 17.5 Å². The van der Waals surface area contributed by atoms with Crippen molar-refractivity contribution < 1.29 is 19.1 Å². The molecular formula is C19H32O4. The normalized spacial score (nSPS) is 10.9. The monoisotopic (exact) mass is 324 g/mol. The highest BCUT2D eigenvalue weighted by atomic mass is 16.5. The molecule has 0 aliphatic rings. The molecule has 132 valence electrons. The molecule has 0 fully saturated rings. The Morgan fingerprint density at radius 1 is 0.696 bits per heavy atom. The van der Waals surface area contributed by atoms with Crippen LogP contribution in [0, 0.1) is 0 Å². The topological polar surface area (TPSA) is 60.4 Å². The fourth-order valence-electron chi connectivity index (χ4n) is 2.28. The van der Waals surface area contributed by atoms with Gasteiger partial charge in [-0.3, -0.25) is 14.4 Å². The van der Waals surface area contributed by atoms with E-state index >= 15 is 0 Å². The van der Waals surface area contributed by atoms with Crippen molar-refractivity contribution in [3.8, 4) is 0 Å². The molecule has 0 amide bonds. The first-order valence-corrected chi connectivity index (χ1v) is 8.90. The van der Waals surface area contributed by atoms with Crippen molar-refractivity contribution in [2.75, 3.05) is 7.11 Å². The number of carbonyl (C=O) groups is 3. The van der Waals surface area contributed by atoms with Gasteiger partial charge in [0.2, 0.25) is 0 Å². The van der Waals surface area contributed by atoms with Gasteiger partial charge in [-0.1, -0.05) is 45.4 Å². The summed E-state index contributed by atoms with van der Waals surface area (Å²) in [5, 5.41) is 0. The van der Waals surface area contributed by atoms with Crippen LogP contribution in [0.3, 0.4) is 0 Å². The van der Waals surface area contributed by atoms with Crippen LogP contribution in [0.4, 0.5) is 0 Å². The van der Waals surface area contributed by atoms with E-state index in [0.717, 1.165) is 57.8 Å². The van der Waals surface area contributed by atoms with Crippen molar-refractivity contribution in [1.29, 1.82) is 0 Å². The summed E-state index contributed by atoms with van der Waals surface area (Å²) in [6.45, 7) is 2.14. The number of ketones is 2. The van der Waals surface area contributed by atoms with E-state index in [4.69, 9.17) is 0 Å². The molecule has 0 saturated heterocycles. The number of rotatable bonds is 15. The molecule has 0 unspecified atom stereocenters. The van der Waals surface area contributed by atoms with Crippen LogP contribution < -0.4 is 0 Å². The molecule has 0 saturated carbocycles. The van der Waals surface area contributed by atoms with Gasteiger partial charge in [0.05, 0.1) is 7.11 Å². The highest BCUT2D eigenvalue weighted by Gasteiger charge is 2.02. The van der Waals surface area contributed by atoms with Crippen LogP contribution in [0.2, 0.25) is 0 Å². The highest BCUT2D eigenvalue weighted by molar-refractivity contribution is 5.98. The molecule has 0 spiro atoms. The summed E-state index contributed by atoms with van der Waals surface area (Å²) in [4.78, 5) is 34.1. The van der Waals surface area contributed by atoms with Gasteiger partial charge in [-0.05, 0) is 31.4 Å². The first-order chi connectivity index (χ1) is 11.1. The fraction of sp³-hybridized carbons (Fsp3) is 0.737. The van der Waals surface area contributed by atoms with E-state index in [1.54, 1.807) is 0 Å². The van der Waals surface area contributed by atoms with Crippen molar-refractivity contribution in [3.05, 3.63) is 12.2 Å². The van der Waals surface area contributed by atoms with Gasteiger partial charge in [-0.25, -0.2) is 0 Å². The molecule has 0 N–H and O–H groups in total. The number of hydrogen-bond donors (Lipinski definition) is 0. The molecule has 0 atom stereocenters. The van der Waals surface area contributed by atoms with Gasteiger partial charge in [-0.15, -0.1) is 0 Å². The predicted octanol–water partition coefficient (Wildman–Crippen LogP) is 4.55. The molecule has 0 radical (unpaired) electrons. The number of ether oxygens (including phenoxy) is 1. The van der Waals surface area contributed by atoms with Crippen LogP contribution in [-0.4, -0.2) is 24.6 Å². The van der Waals surface area contributed by atoms with Gasteiger partial charge in [0.15, 0.2) is 11.6 Å². The van der Waals surface area contributed by atoms with E-state index in [9.17, 15) is 14.4 Å². The zero-order valence-electron chi connectivity index (χ0n) is 14.8. The molecular weight excluding hydrogens is 292 g/mol. The number of hydrogen-bond acceptors (Lipinski definition) is 4. The minimum Gasteiger partial charge on any atom is -0.469 e. The van der Waals surface area contributed by atoms with E-state index in [1.807, 2.05) is 0 Å². The Kier molecular flexibility index (Phi) is 14.5. The van der Waals surface area contributed by atoms with E-state index < -0.39 is 0 Å². The Morgan fingerprint density at radius 3 is 1.61 bits per heavy atom. The van der Waals surface area contributed by atoms with Gasteiger partial charge in [-0.2, -0.15) is 0 Å². The molecule has 23 heavy (non-hydrogen) atoms. The quantitative estimate of drug-likeness (QED) is 0.252. The summed E-state index contributed by atoms with van der Waals surface area (Å²) >= 11 is 0. The third kappa shape index (κ3) is 15.2. The maximum atomic E-state index is 11.6. The number of unbranched alkanes of at least 4 members (excludes halogenated alkanes) is 7. The highest BCUT2D eigenvalue weighted by Crippen LogP contribution is 2.08. The maximum absolute atomic E-state index is 11.6. The zero-order chi connectivity index (χ0) is 17.3. The first-order valence-electron chi connectivity index (χ1n) is 8.90. The van der Waals surface area contributed by atoms with Crippen LogP contribution in [-0.2, 0) is 19.1 Å². The SMILES string of the molecule is CCCCCCC(=O)/C=C/C(=O)CCCCCCCC(=O)OC. The van der Waals surface area contributed by atoms with E-state index in [2.05, 4.69) is 11.7 Å². The summed E-state index contributed by atoms with van der Waals surface area (Å²) in [5.74, 6) is -0.0802. The molecule has 0 rings (SSSR count). The molecule has 0 bridgehead atoms. The van der Waals surface area contributed by atoms with Crippen LogP contribution >= 0.6 is 0 Å². The van der Waals surface area contributed by atoms with E-state index in [0.29, 0.717) is 19.3 Å². The molecule has 4 nitrogen and oxygen atoms in total. The third-order valence-corrected chi connectivity index (χ3v) is 3.76. The van der Waals surface area contributed by atoms with Crippen LogP contribution in [0.5, 0.6) is 0 Å². The summed E-state index contributed by atoms with van der Waals surface area (Å²) in [5.41, 5.74) is 0. The minimum absolute atomic E-state index is 0.0291.